The van der Waals surface area contributed by atoms with Crippen LogP contribution in [0.15, 0.2) is 47.7 Å². The molecule has 0 radical (unpaired) electrons. The minimum Gasteiger partial charge on any atom is -0.326 e. The summed E-state index contributed by atoms with van der Waals surface area (Å²) in [4.78, 5) is 27.7. The number of anilines is 1. The SMILES string of the molecule is C/C(CC(=O)Nc1ccc(C)c(Cl)c1)=N/NC(=O)c1ccccn1. The first-order valence-electron chi connectivity index (χ1n) is 7.26. The summed E-state index contributed by atoms with van der Waals surface area (Å²) in [5.41, 5.74) is 4.64. The van der Waals surface area contributed by atoms with Crippen LogP contribution in [0, 0.1) is 6.92 Å². The highest BCUT2D eigenvalue weighted by Crippen LogP contribution is 2.20. The molecule has 0 fully saturated rings. The molecule has 1 aromatic heterocycles. The number of hydrazone groups is 1. The van der Waals surface area contributed by atoms with Crippen LogP contribution in [0.5, 0.6) is 0 Å². The Balaban J connectivity index is 1.88. The average molecular weight is 345 g/mol. The quantitative estimate of drug-likeness (QED) is 0.645. The molecule has 7 heteroatoms. The molecule has 0 aliphatic carbocycles. The van der Waals surface area contributed by atoms with Gasteiger partial charge in [-0.1, -0.05) is 23.7 Å². The highest BCUT2D eigenvalue weighted by molar-refractivity contribution is 6.31. The van der Waals surface area contributed by atoms with Crippen molar-refractivity contribution in [3.63, 3.8) is 0 Å². The van der Waals surface area contributed by atoms with E-state index in [1.807, 2.05) is 13.0 Å². The fourth-order valence-corrected chi connectivity index (χ4v) is 2.03. The smallest absolute Gasteiger partial charge is 0.289 e. The van der Waals surface area contributed by atoms with Crippen LogP contribution in [0.25, 0.3) is 0 Å². The highest BCUT2D eigenvalue weighted by Gasteiger charge is 2.08. The van der Waals surface area contributed by atoms with Gasteiger partial charge in [0.2, 0.25) is 5.91 Å². The fourth-order valence-electron chi connectivity index (χ4n) is 1.85. The second kappa shape index (κ2) is 8.21. The highest BCUT2D eigenvalue weighted by atomic mass is 35.5. The Bertz CT molecular complexity index is 775. The lowest BCUT2D eigenvalue weighted by Gasteiger charge is -2.07. The molecular formula is C17H17ClN4O2. The van der Waals surface area contributed by atoms with Crippen LogP contribution in [0.4, 0.5) is 5.69 Å². The van der Waals surface area contributed by atoms with Gasteiger partial charge < -0.3 is 5.32 Å². The summed E-state index contributed by atoms with van der Waals surface area (Å²) in [6.45, 7) is 3.54. The molecule has 1 aromatic carbocycles. The number of hydrogen-bond acceptors (Lipinski definition) is 4. The van der Waals surface area contributed by atoms with Crippen LogP contribution in [-0.2, 0) is 4.79 Å². The molecule has 0 bridgehead atoms. The van der Waals surface area contributed by atoms with Crippen molar-refractivity contribution in [2.45, 2.75) is 20.3 Å². The number of nitrogens with zero attached hydrogens (tertiary/aromatic N) is 2. The van der Waals surface area contributed by atoms with E-state index in [2.05, 4.69) is 20.8 Å². The molecule has 2 N–H and O–H groups in total. The number of carbonyl (C=O) groups is 2. The topological polar surface area (TPSA) is 83.5 Å². The van der Waals surface area contributed by atoms with Crippen molar-refractivity contribution in [1.82, 2.24) is 10.4 Å². The zero-order valence-corrected chi connectivity index (χ0v) is 14.1. The maximum Gasteiger partial charge on any atom is 0.289 e. The average Bonchev–Trinajstić information content (AvgIpc) is 2.56. The number of aryl methyl sites for hydroxylation is 1. The van der Waals surface area contributed by atoms with E-state index in [-0.39, 0.29) is 18.0 Å². The zero-order valence-electron chi connectivity index (χ0n) is 13.3. The molecule has 2 amide bonds. The first kappa shape index (κ1) is 17.6. The second-order valence-corrected chi connectivity index (χ2v) is 5.60. The summed E-state index contributed by atoms with van der Waals surface area (Å²) in [5, 5.41) is 7.22. The van der Waals surface area contributed by atoms with Crippen LogP contribution < -0.4 is 10.7 Å². The van der Waals surface area contributed by atoms with E-state index in [4.69, 9.17) is 11.6 Å². The van der Waals surface area contributed by atoms with Gasteiger partial charge in [-0.3, -0.25) is 14.6 Å². The molecule has 0 saturated heterocycles. The Morgan fingerprint density at radius 2 is 2.04 bits per heavy atom. The molecule has 1 heterocycles. The second-order valence-electron chi connectivity index (χ2n) is 5.19. The van der Waals surface area contributed by atoms with Gasteiger partial charge in [0.1, 0.15) is 5.69 Å². The number of hydrogen-bond donors (Lipinski definition) is 2. The van der Waals surface area contributed by atoms with Gasteiger partial charge in [-0.25, -0.2) is 5.43 Å². The predicted molar refractivity (Wildman–Crippen MR) is 94.2 cm³/mol. The van der Waals surface area contributed by atoms with E-state index in [9.17, 15) is 9.59 Å². The maximum absolute atomic E-state index is 12.0. The summed E-state index contributed by atoms with van der Waals surface area (Å²) in [6.07, 6.45) is 1.57. The molecule has 0 aliphatic rings. The number of amides is 2. The number of carbonyl (C=O) groups excluding carboxylic acids is 2. The molecule has 2 rings (SSSR count). The zero-order chi connectivity index (χ0) is 17.5. The Hall–Kier alpha value is -2.73. The molecule has 0 unspecified atom stereocenters. The van der Waals surface area contributed by atoms with E-state index in [0.717, 1.165) is 5.56 Å². The number of halogens is 1. The Labute approximate surface area is 144 Å². The van der Waals surface area contributed by atoms with E-state index in [1.165, 1.54) is 6.20 Å². The van der Waals surface area contributed by atoms with Gasteiger partial charge in [-0.05, 0) is 43.7 Å². The molecule has 24 heavy (non-hydrogen) atoms. The van der Waals surface area contributed by atoms with Crippen molar-refractivity contribution < 1.29 is 9.59 Å². The Morgan fingerprint density at radius 1 is 1.25 bits per heavy atom. The van der Waals surface area contributed by atoms with Crippen molar-refractivity contribution in [2.75, 3.05) is 5.32 Å². The first-order valence-corrected chi connectivity index (χ1v) is 7.64. The summed E-state index contributed by atoms with van der Waals surface area (Å²) in [6, 6.07) is 10.3. The summed E-state index contributed by atoms with van der Waals surface area (Å²) >= 11 is 6.02. The number of nitrogens with one attached hydrogen (secondary N) is 2. The van der Waals surface area contributed by atoms with E-state index >= 15 is 0 Å². The van der Waals surface area contributed by atoms with Gasteiger partial charge in [0.25, 0.3) is 5.91 Å². The standard InChI is InChI=1S/C17H17ClN4O2/c1-11-6-7-13(10-14(11)18)20-16(23)9-12(2)21-22-17(24)15-5-3-4-8-19-15/h3-8,10H,9H2,1-2H3,(H,20,23)(H,22,24)/b21-12-. The minimum atomic E-state index is -0.430. The number of rotatable bonds is 5. The van der Waals surface area contributed by atoms with Crippen LogP contribution in [0.2, 0.25) is 5.02 Å². The molecule has 0 aliphatic heterocycles. The summed E-state index contributed by atoms with van der Waals surface area (Å²) in [7, 11) is 0. The molecular weight excluding hydrogens is 328 g/mol. The van der Waals surface area contributed by atoms with Gasteiger partial charge in [0.05, 0.1) is 6.42 Å². The van der Waals surface area contributed by atoms with Crippen LogP contribution in [0.1, 0.15) is 29.4 Å². The van der Waals surface area contributed by atoms with Gasteiger partial charge in [0.15, 0.2) is 0 Å². The largest absolute Gasteiger partial charge is 0.326 e. The predicted octanol–water partition coefficient (Wildman–Crippen LogP) is 3.18. The van der Waals surface area contributed by atoms with Crippen molar-refractivity contribution in [2.24, 2.45) is 5.10 Å². The third kappa shape index (κ3) is 5.17. The van der Waals surface area contributed by atoms with Gasteiger partial charge in [-0.2, -0.15) is 5.10 Å². The van der Waals surface area contributed by atoms with Gasteiger partial charge in [-0.15, -0.1) is 0 Å². The number of benzene rings is 1. The molecule has 2 aromatic rings. The number of pyridine rings is 1. The fraction of sp³-hybridized carbons (Fsp3) is 0.176. The lowest BCUT2D eigenvalue weighted by atomic mass is 10.2. The third-order valence-electron chi connectivity index (χ3n) is 3.12. The monoisotopic (exact) mass is 344 g/mol. The van der Waals surface area contributed by atoms with E-state index in [1.54, 1.807) is 37.3 Å². The molecule has 0 spiro atoms. The van der Waals surface area contributed by atoms with Crippen LogP contribution in [-0.4, -0.2) is 22.5 Å². The molecule has 0 atom stereocenters. The van der Waals surface area contributed by atoms with Crippen molar-refractivity contribution in [3.05, 3.63) is 58.9 Å². The summed E-state index contributed by atoms with van der Waals surface area (Å²) in [5.74, 6) is -0.677. The number of aromatic nitrogens is 1. The first-order chi connectivity index (χ1) is 11.5. The van der Waals surface area contributed by atoms with Crippen LogP contribution in [0.3, 0.4) is 0 Å². The third-order valence-corrected chi connectivity index (χ3v) is 3.53. The molecule has 0 saturated carbocycles. The lowest BCUT2D eigenvalue weighted by molar-refractivity contribution is -0.115. The molecule has 124 valence electrons. The normalized spacial score (nSPS) is 11.0. The van der Waals surface area contributed by atoms with Gasteiger partial charge >= 0.3 is 0 Å². The Kier molecular flexibility index (Phi) is 6.03. The van der Waals surface area contributed by atoms with E-state index < -0.39 is 5.91 Å². The lowest BCUT2D eigenvalue weighted by Crippen LogP contribution is -2.22. The Morgan fingerprint density at radius 3 is 2.71 bits per heavy atom. The van der Waals surface area contributed by atoms with Gasteiger partial charge in [0, 0.05) is 22.6 Å². The van der Waals surface area contributed by atoms with Crippen molar-refractivity contribution in [3.8, 4) is 0 Å². The summed E-state index contributed by atoms with van der Waals surface area (Å²) < 4.78 is 0. The van der Waals surface area contributed by atoms with Crippen molar-refractivity contribution in [1.29, 1.82) is 0 Å². The van der Waals surface area contributed by atoms with Crippen molar-refractivity contribution >= 4 is 34.8 Å². The minimum absolute atomic E-state index is 0.0496. The van der Waals surface area contributed by atoms with Crippen LogP contribution >= 0.6 is 11.6 Å². The maximum atomic E-state index is 12.0. The van der Waals surface area contributed by atoms with E-state index in [0.29, 0.717) is 16.4 Å². The molecule has 6 nitrogen and oxygen atoms in total.